The van der Waals surface area contributed by atoms with E-state index < -0.39 is 0 Å². The van der Waals surface area contributed by atoms with Gasteiger partial charge in [-0.2, -0.15) is 0 Å². The summed E-state index contributed by atoms with van der Waals surface area (Å²) in [7, 11) is 0. The fourth-order valence-corrected chi connectivity index (χ4v) is 7.59. The molecule has 0 unspecified atom stereocenters. The van der Waals surface area contributed by atoms with E-state index in [9.17, 15) is 0 Å². The van der Waals surface area contributed by atoms with Crippen LogP contribution in [0.4, 0.5) is 5.69 Å². The van der Waals surface area contributed by atoms with Crippen LogP contribution in [0.3, 0.4) is 0 Å². The quantitative estimate of drug-likeness (QED) is 0.113. The highest BCUT2D eigenvalue weighted by Crippen LogP contribution is 2.43. The molecule has 1 heterocycles. The number of aliphatic imine (C=N–C) groups is 1. The Kier molecular flexibility index (Phi) is 6.82. The Bertz CT molecular complexity index is 1940. The molecule has 40 heavy (non-hydrogen) atoms. The van der Waals surface area contributed by atoms with E-state index in [4.69, 9.17) is 21.6 Å². The Hall–Kier alpha value is -3.96. The fraction of sp³-hybridized carbons (Fsp3) is 0.0286. The van der Waals surface area contributed by atoms with E-state index in [1.54, 1.807) is 23.1 Å². The van der Waals surface area contributed by atoms with Crippen molar-refractivity contribution >= 4 is 78.4 Å². The summed E-state index contributed by atoms with van der Waals surface area (Å²) in [6.07, 6.45) is 2.01. The SMILES string of the molecule is Clc1ccc([C@@H](Sc2nc3ccc(N=Cc4c5ccccc5cc5ccccc45)cc3s2)c2ccccc2)cc1. The standard InChI is InChI=1S/C35H23ClN2S2/c36-27-16-14-24(15-17-27)34(23-8-2-1-3-9-23)40-35-38-32-19-18-28(21-33(32)39-35)37-22-31-29-12-6-4-10-25(29)20-26-11-5-7-13-30(26)31/h1-22,34H/t34-/m0/s1. The van der Waals surface area contributed by atoms with Crippen molar-refractivity contribution in [3.8, 4) is 0 Å². The average molecular weight is 571 g/mol. The Morgan fingerprint density at radius 3 is 2.08 bits per heavy atom. The van der Waals surface area contributed by atoms with Gasteiger partial charge in [0.2, 0.25) is 0 Å². The largest absolute Gasteiger partial charge is 0.256 e. The number of nitrogens with zero attached hydrogens (tertiary/aromatic N) is 2. The summed E-state index contributed by atoms with van der Waals surface area (Å²) in [4.78, 5) is 9.90. The highest BCUT2D eigenvalue weighted by Gasteiger charge is 2.18. The smallest absolute Gasteiger partial charge is 0.152 e. The first-order valence-corrected chi connectivity index (χ1v) is 15.1. The molecule has 0 N–H and O–H groups in total. The first-order chi connectivity index (χ1) is 19.7. The lowest BCUT2D eigenvalue weighted by Crippen LogP contribution is -1.96. The third-order valence-corrected chi connectivity index (χ3v) is 9.68. The number of thioether (sulfide) groups is 1. The molecule has 0 aliphatic carbocycles. The molecule has 0 aliphatic heterocycles. The number of halogens is 1. The van der Waals surface area contributed by atoms with Gasteiger partial charge in [-0.3, -0.25) is 4.99 Å². The lowest BCUT2D eigenvalue weighted by molar-refractivity contribution is 1.14. The number of hydrogen-bond acceptors (Lipinski definition) is 4. The van der Waals surface area contributed by atoms with Crippen LogP contribution in [0.2, 0.25) is 5.02 Å². The molecule has 0 saturated carbocycles. The molecule has 0 saturated heterocycles. The van der Waals surface area contributed by atoms with Crippen LogP contribution in [0.5, 0.6) is 0 Å². The van der Waals surface area contributed by atoms with Crippen molar-refractivity contribution < 1.29 is 0 Å². The molecule has 0 spiro atoms. The number of rotatable bonds is 6. The molecule has 0 amide bonds. The summed E-state index contributed by atoms with van der Waals surface area (Å²) in [6, 6.07) is 44.2. The Balaban J connectivity index is 1.23. The first kappa shape index (κ1) is 25.0. The van der Waals surface area contributed by atoms with Crippen molar-refractivity contribution in [3.63, 3.8) is 0 Å². The van der Waals surface area contributed by atoms with Gasteiger partial charge in [-0.1, -0.05) is 114 Å². The molecule has 7 rings (SSSR count). The summed E-state index contributed by atoms with van der Waals surface area (Å²) in [5.41, 5.74) is 5.49. The summed E-state index contributed by atoms with van der Waals surface area (Å²) in [5.74, 6) is 0. The van der Waals surface area contributed by atoms with Crippen molar-refractivity contribution in [3.05, 3.63) is 149 Å². The van der Waals surface area contributed by atoms with Crippen LogP contribution in [-0.4, -0.2) is 11.2 Å². The van der Waals surface area contributed by atoms with Crippen molar-refractivity contribution in [1.29, 1.82) is 0 Å². The number of fused-ring (bicyclic) bond motifs is 3. The highest BCUT2D eigenvalue weighted by molar-refractivity contribution is 8.01. The first-order valence-electron chi connectivity index (χ1n) is 13.0. The van der Waals surface area contributed by atoms with Crippen molar-refractivity contribution in [2.24, 2.45) is 4.99 Å². The van der Waals surface area contributed by atoms with Gasteiger partial charge in [0, 0.05) is 16.8 Å². The van der Waals surface area contributed by atoms with E-state index in [-0.39, 0.29) is 5.25 Å². The molecule has 7 aromatic rings. The van der Waals surface area contributed by atoms with Gasteiger partial charge < -0.3 is 0 Å². The second kappa shape index (κ2) is 10.9. The third kappa shape index (κ3) is 5.02. The van der Waals surface area contributed by atoms with Gasteiger partial charge in [-0.25, -0.2) is 4.98 Å². The molecule has 5 heteroatoms. The van der Waals surface area contributed by atoms with E-state index >= 15 is 0 Å². The normalized spacial score (nSPS) is 12.5. The predicted octanol–water partition coefficient (Wildman–Crippen LogP) is 10.9. The fourth-order valence-electron chi connectivity index (χ4n) is 5.04. The van der Waals surface area contributed by atoms with Crippen LogP contribution in [0.1, 0.15) is 21.9 Å². The Morgan fingerprint density at radius 2 is 1.35 bits per heavy atom. The molecule has 2 nitrogen and oxygen atoms in total. The molecular formula is C35H23ClN2S2. The third-order valence-electron chi connectivity index (χ3n) is 7.00. The zero-order valence-corrected chi connectivity index (χ0v) is 23.8. The van der Waals surface area contributed by atoms with Crippen molar-refractivity contribution in [1.82, 2.24) is 4.98 Å². The number of thiazole rings is 1. The van der Waals surface area contributed by atoms with Gasteiger partial charge >= 0.3 is 0 Å². The van der Waals surface area contributed by atoms with Crippen LogP contribution < -0.4 is 0 Å². The van der Waals surface area contributed by atoms with E-state index in [0.29, 0.717) is 0 Å². The number of aromatic nitrogens is 1. The monoisotopic (exact) mass is 570 g/mol. The second-order valence-corrected chi connectivity index (χ2v) is 12.4. The summed E-state index contributed by atoms with van der Waals surface area (Å²) < 4.78 is 2.16. The van der Waals surface area contributed by atoms with Gasteiger partial charge in [0.15, 0.2) is 4.34 Å². The predicted molar refractivity (Wildman–Crippen MR) is 174 cm³/mol. The van der Waals surface area contributed by atoms with Crippen molar-refractivity contribution in [2.75, 3.05) is 0 Å². The second-order valence-electron chi connectivity index (χ2n) is 9.58. The lowest BCUT2D eigenvalue weighted by atomic mass is 9.97. The summed E-state index contributed by atoms with van der Waals surface area (Å²) >= 11 is 9.67. The van der Waals surface area contributed by atoms with Gasteiger partial charge in [0.05, 0.1) is 21.2 Å². The van der Waals surface area contributed by atoms with Gasteiger partial charge in [-0.15, -0.1) is 11.3 Å². The Labute approximate surface area is 246 Å². The van der Waals surface area contributed by atoms with Crippen LogP contribution in [0.15, 0.2) is 137 Å². The van der Waals surface area contributed by atoms with Crippen LogP contribution >= 0.6 is 34.7 Å². The average Bonchev–Trinajstić information content (AvgIpc) is 3.41. The van der Waals surface area contributed by atoms with Crippen LogP contribution in [0, 0.1) is 0 Å². The van der Waals surface area contributed by atoms with Crippen molar-refractivity contribution in [2.45, 2.75) is 9.59 Å². The topological polar surface area (TPSA) is 25.2 Å². The summed E-state index contributed by atoms with van der Waals surface area (Å²) in [6.45, 7) is 0. The molecule has 0 radical (unpaired) electrons. The van der Waals surface area contributed by atoms with E-state index in [2.05, 4.69) is 103 Å². The van der Waals surface area contributed by atoms with Gasteiger partial charge in [-0.05, 0) is 69.1 Å². The highest BCUT2D eigenvalue weighted by atomic mass is 35.5. The minimum atomic E-state index is 0.121. The molecule has 192 valence electrons. The molecule has 0 bridgehead atoms. The number of hydrogen-bond donors (Lipinski definition) is 0. The lowest BCUT2D eigenvalue weighted by Gasteiger charge is -2.16. The molecule has 6 aromatic carbocycles. The number of benzene rings is 6. The van der Waals surface area contributed by atoms with Gasteiger partial charge in [0.25, 0.3) is 0 Å². The maximum absolute atomic E-state index is 6.18. The molecule has 1 atom stereocenters. The minimum Gasteiger partial charge on any atom is -0.256 e. The Morgan fingerprint density at radius 1 is 0.700 bits per heavy atom. The van der Waals surface area contributed by atoms with E-state index in [1.165, 1.54) is 32.7 Å². The maximum Gasteiger partial charge on any atom is 0.152 e. The minimum absolute atomic E-state index is 0.121. The zero-order chi connectivity index (χ0) is 26.9. The maximum atomic E-state index is 6.18. The molecular weight excluding hydrogens is 548 g/mol. The molecule has 1 aromatic heterocycles. The van der Waals surface area contributed by atoms with E-state index in [0.717, 1.165) is 30.8 Å². The summed E-state index contributed by atoms with van der Waals surface area (Å²) in [5, 5.41) is 5.71. The molecule has 0 fully saturated rings. The zero-order valence-electron chi connectivity index (χ0n) is 21.4. The van der Waals surface area contributed by atoms with Gasteiger partial charge in [0.1, 0.15) is 0 Å². The van der Waals surface area contributed by atoms with E-state index in [1.807, 2.05) is 30.5 Å². The molecule has 0 aliphatic rings. The van der Waals surface area contributed by atoms with Crippen LogP contribution in [0.25, 0.3) is 31.8 Å². The van der Waals surface area contributed by atoms with Crippen LogP contribution in [-0.2, 0) is 0 Å².